The zero-order valence-corrected chi connectivity index (χ0v) is 10.3. The molecule has 0 aromatic heterocycles. The first-order valence-electron chi connectivity index (χ1n) is 5.21. The van der Waals surface area contributed by atoms with Gasteiger partial charge in [-0.05, 0) is 19.3 Å². The Morgan fingerprint density at radius 2 is 1.60 bits per heavy atom. The van der Waals surface area contributed by atoms with E-state index in [1.165, 1.54) is 19.3 Å². The minimum absolute atomic E-state index is 0. The lowest BCUT2D eigenvalue weighted by Gasteiger charge is -2.32. The van der Waals surface area contributed by atoms with Gasteiger partial charge in [0.15, 0.2) is 0 Å². The number of likely N-dealkylation sites (tertiary alicyclic amines) is 1. The Morgan fingerprint density at radius 3 is 2.13 bits per heavy atom. The van der Waals surface area contributed by atoms with Crippen molar-refractivity contribution in [2.45, 2.75) is 19.3 Å². The van der Waals surface area contributed by atoms with Gasteiger partial charge >= 0.3 is 6.19 Å². The van der Waals surface area contributed by atoms with Crippen molar-refractivity contribution in [3.63, 3.8) is 0 Å². The number of para-hydroxylation sites is 1. The predicted octanol–water partition coefficient (Wildman–Crippen LogP) is -0.337. The lowest BCUT2D eigenvalue weighted by molar-refractivity contribution is -0.00000309. The number of piperidine rings is 1. The largest absolute Gasteiger partial charge is 1.00 e. The average Bonchev–Trinajstić information content (AvgIpc) is 2.31. The Bertz CT molecular complexity index is 336. The van der Waals surface area contributed by atoms with Crippen LogP contribution in [0.1, 0.15) is 19.3 Å². The molecular weight excluding hydrogens is 252 g/mol. The van der Waals surface area contributed by atoms with E-state index in [4.69, 9.17) is 0 Å². The number of halogens is 1. The molecule has 0 radical (unpaired) electrons. The van der Waals surface area contributed by atoms with Crippen LogP contribution in [0.15, 0.2) is 30.3 Å². The van der Waals surface area contributed by atoms with E-state index >= 15 is 0 Å². The van der Waals surface area contributed by atoms with E-state index in [0.717, 1.165) is 18.8 Å². The van der Waals surface area contributed by atoms with Crippen molar-refractivity contribution in [2.24, 2.45) is 0 Å². The Hall–Kier alpha value is -0.850. The first-order chi connectivity index (χ1) is 6.87. The van der Waals surface area contributed by atoms with Gasteiger partial charge in [0.2, 0.25) is 0 Å². The Balaban J connectivity index is 0.00000112. The van der Waals surface area contributed by atoms with Crippen LogP contribution in [0.4, 0.5) is 5.69 Å². The van der Waals surface area contributed by atoms with Gasteiger partial charge in [-0.25, -0.2) is 0 Å². The van der Waals surface area contributed by atoms with Crippen LogP contribution in [-0.2, 0) is 0 Å². The summed E-state index contributed by atoms with van der Waals surface area (Å²) in [6.07, 6.45) is 6.08. The van der Waals surface area contributed by atoms with Crippen molar-refractivity contribution in [1.82, 2.24) is 4.48 Å². The molecule has 3 heteroatoms. The van der Waals surface area contributed by atoms with Crippen molar-refractivity contribution in [1.29, 1.82) is 5.26 Å². The van der Waals surface area contributed by atoms with Gasteiger partial charge in [-0.1, -0.05) is 18.2 Å². The quantitative estimate of drug-likeness (QED) is 0.504. The van der Waals surface area contributed by atoms with Gasteiger partial charge in [-0.3, -0.25) is 0 Å². The minimum atomic E-state index is 0. The maximum Gasteiger partial charge on any atom is 0.314 e. The molecule has 1 aliphatic rings. The Morgan fingerprint density at radius 1 is 1.00 bits per heavy atom. The predicted molar refractivity (Wildman–Crippen MR) is 57.4 cm³/mol. The van der Waals surface area contributed by atoms with Crippen molar-refractivity contribution in [2.75, 3.05) is 13.1 Å². The fourth-order valence-corrected chi connectivity index (χ4v) is 2.18. The van der Waals surface area contributed by atoms with Crippen LogP contribution in [0.3, 0.4) is 0 Å². The van der Waals surface area contributed by atoms with E-state index in [1.807, 2.05) is 18.2 Å². The number of hydrogen-bond acceptors (Lipinski definition) is 1. The highest BCUT2D eigenvalue weighted by molar-refractivity contribution is 5.46. The van der Waals surface area contributed by atoms with Crippen LogP contribution in [0.5, 0.6) is 0 Å². The fraction of sp³-hybridized carbons (Fsp3) is 0.417. The molecule has 2 rings (SSSR count). The number of rotatable bonds is 1. The number of quaternary nitrogens is 1. The molecule has 80 valence electrons. The van der Waals surface area contributed by atoms with Gasteiger partial charge in [0.1, 0.15) is 5.69 Å². The fourth-order valence-electron chi connectivity index (χ4n) is 2.18. The molecular formula is C12H15BrN2. The summed E-state index contributed by atoms with van der Waals surface area (Å²) in [5.41, 5.74) is 1.15. The third-order valence-electron chi connectivity index (χ3n) is 3.02. The minimum Gasteiger partial charge on any atom is -1.00 e. The zero-order valence-electron chi connectivity index (χ0n) is 8.69. The number of hydrogen-bond donors (Lipinski definition) is 0. The summed E-state index contributed by atoms with van der Waals surface area (Å²) < 4.78 is 0.515. The van der Waals surface area contributed by atoms with E-state index < -0.39 is 0 Å². The molecule has 0 spiro atoms. The van der Waals surface area contributed by atoms with Crippen LogP contribution in [0, 0.1) is 11.5 Å². The first kappa shape index (κ1) is 12.2. The number of nitriles is 1. The lowest BCUT2D eigenvalue weighted by Crippen LogP contribution is -3.00. The summed E-state index contributed by atoms with van der Waals surface area (Å²) in [5.74, 6) is 0. The average molecular weight is 267 g/mol. The molecule has 1 fully saturated rings. The molecule has 1 aliphatic heterocycles. The van der Waals surface area contributed by atoms with Gasteiger partial charge in [0, 0.05) is 12.1 Å². The highest BCUT2D eigenvalue weighted by Gasteiger charge is 2.32. The normalized spacial score (nSPS) is 18.6. The summed E-state index contributed by atoms with van der Waals surface area (Å²) in [7, 11) is 0. The van der Waals surface area contributed by atoms with Gasteiger partial charge in [0.25, 0.3) is 0 Å². The van der Waals surface area contributed by atoms with E-state index in [-0.39, 0.29) is 17.0 Å². The smallest absolute Gasteiger partial charge is 0.314 e. The van der Waals surface area contributed by atoms with Crippen molar-refractivity contribution in [3.8, 4) is 6.19 Å². The topological polar surface area (TPSA) is 23.8 Å². The molecule has 0 atom stereocenters. The summed E-state index contributed by atoms with van der Waals surface area (Å²) in [5, 5.41) is 9.32. The van der Waals surface area contributed by atoms with Crippen LogP contribution >= 0.6 is 0 Å². The van der Waals surface area contributed by atoms with Gasteiger partial charge in [-0.2, -0.15) is 4.48 Å². The van der Waals surface area contributed by atoms with E-state index in [0.29, 0.717) is 4.48 Å². The highest BCUT2D eigenvalue weighted by atomic mass is 79.9. The molecule has 0 unspecified atom stereocenters. The third kappa shape index (κ3) is 2.39. The molecule has 1 heterocycles. The summed E-state index contributed by atoms with van der Waals surface area (Å²) in [4.78, 5) is 0. The monoisotopic (exact) mass is 266 g/mol. The van der Waals surface area contributed by atoms with Crippen molar-refractivity contribution >= 4 is 5.69 Å². The Labute approximate surface area is 101 Å². The highest BCUT2D eigenvalue weighted by Crippen LogP contribution is 2.27. The molecule has 0 bridgehead atoms. The molecule has 0 saturated carbocycles. The lowest BCUT2D eigenvalue weighted by atomic mass is 10.1. The van der Waals surface area contributed by atoms with E-state index in [9.17, 15) is 5.26 Å². The number of nitrogens with zero attached hydrogens (tertiary/aromatic N) is 2. The Kier molecular flexibility index (Phi) is 4.31. The second-order valence-corrected chi connectivity index (χ2v) is 3.91. The third-order valence-corrected chi connectivity index (χ3v) is 3.02. The first-order valence-corrected chi connectivity index (χ1v) is 5.21. The summed E-state index contributed by atoms with van der Waals surface area (Å²) in [6.45, 7) is 1.95. The van der Waals surface area contributed by atoms with Crippen LogP contribution < -0.4 is 21.5 Å². The van der Waals surface area contributed by atoms with Crippen molar-refractivity contribution in [3.05, 3.63) is 30.3 Å². The van der Waals surface area contributed by atoms with Gasteiger partial charge in [-0.15, -0.1) is 5.26 Å². The summed E-state index contributed by atoms with van der Waals surface area (Å²) >= 11 is 0. The molecule has 0 aliphatic carbocycles. The van der Waals surface area contributed by atoms with Crippen LogP contribution in [0.25, 0.3) is 0 Å². The van der Waals surface area contributed by atoms with E-state index in [2.05, 4.69) is 18.3 Å². The molecule has 1 aromatic rings. The molecule has 0 amide bonds. The van der Waals surface area contributed by atoms with Gasteiger partial charge < -0.3 is 17.0 Å². The SMILES string of the molecule is N#C[N+]1(c2ccccc2)CCCCC1.[Br-]. The molecule has 0 N–H and O–H groups in total. The molecule has 15 heavy (non-hydrogen) atoms. The van der Waals surface area contributed by atoms with Crippen LogP contribution in [0.2, 0.25) is 0 Å². The molecule has 1 aromatic carbocycles. The van der Waals surface area contributed by atoms with Gasteiger partial charge in [0.05, 0.1) is 13.1 Å². The van der Waals surface area contributed by atoms with Crippen LogP contribution in [-0.4, -0.2) is 13.1 Å². The van der Waals surface area contributed by atoms with Crippen molar-refractivity contribution < 1.29 is 17.0 Å². The standard InChI is InChI=1S/C12H15N2.BrH/c13-11-14(9-5-2-6-10-14)12-7-3-1-4-8-12;/h1,3-4,7-8H,2,5-6,9-10H2;1H/q+1;/p-1. The molecule has 2 nitrogen and oxygen atoms in total. The molecule has 1 saturated heterocycles. The second kappa shape index (κ2) is 5.29. The van der Waals surface area contributed by atoms with E-state index in [1.54, 1.807) is 0 Å². The maximum atomic E-state index is 9.32. The zero-order chi connectivity index (χ0) is 9.86. The second-order valence-electron chi connectivity index (χ2n) is 3.91. The number of benzene rings is 1. The maximum absolute atomic E-state index is 9.32. The summed E-state index contributed by atoms with van der Waals surface area (Å²) in [6, 6.07) is 10.2.